The third kappa shape index (κ3) is 10.3. The lowest BCUT2D eigenvalue weighted by Crippen LogP contribution is -2.37. The normalized spacial score (nSPS) is 15.7. The molecule has 1 heterocycles. The molecule has 0 unspecified atom stereocenters. The van der Waals surface area contributed by atoms with Gasteiger partial charge < -0.3 is 14.8 Å². The average molecular weight is 481 g/mol. The van der Waals surface area contributed by atoms with Crippen LogP contribution in [0.15, 0.2) is 12.2 Å². The summed E-state index contributed by atoms with van der Waals surface area (Å²) in [6, 6.07) is 0. The number of ketones is 2. The number of carbonyl (C=O) groups is 5. The van der Waals surface area contributed by atoms with E-state index in [4.69, 9.17) is 9.47 Å². The number of hydrogen-bond donors (Lipinski definition) is 1. The summed E-state index contributed by atoms with van der Waals surface area (Å²) >= 11 is 0. The van der Waals surface area contributed by atoms with Crippen LogP contribution < -0.4 is 5.32 Å². The van der Waals surface area contributed by atoms with Crippen LogP contribution in [0.4, 0.5) is 0 Å². The van der Waals surface area contributed by atoms with Crippen molar-refractivity contribution in [3.05, 3.63) is 12.2 Å². The molecule has 9 nitrogen and oxygen atoms in total. The largest absolute Gasteiger partial charge is 0.377 e. The molecular weight excluding hydrogens is 440 g/mol. The predicted molar refractivity (Wildman–Crippen MR) is 127 cm³/mol. The summed E-state index contributed by atoms with van der Waals surface area (Å²) < 4.78 is 10.8. The van der Waals surface area contributed by atoms with E-state index in [2.05, 4.69) is 5.32 Å². The van der Waals surface area contributed by atoms with Gasteiger partial charge in [-0.3, -0.25) is 28.9 Å². The highest BCUT2D eigenvalue weighted by Crippen LogP contribution is 2.23. The summed E-state index contributed by atoms with van der Waals surface area (Å²) in [4.78, 5) is 61.4. The minimum absolute atomic E-state index is 0.0200. The number of nitrogens with zero attached hydrogens (tertiary/aromatic N) is 1. The Balaban J connectivity index is 2.24. The number of carbonyl (C=O) groups excluding carboxylic acids is 5. The van der Waals surface area contributed by atoms with Crippen molar-refractivity contribution in [2.45, 2.75) is 54.4 Å². The van der Waals surface area contributed by atoms with Crippen LogP contribution in [0, 0.1) is 23.2 Å². The minimum atomic E-state index is -0.488. The van der Waals surface area contributed by atoms with E-state index in [-0.39, 0.29) is 67.8 Å². The zero-order valence-electron chi connectivity index (χ0n) is 21.3. The highest BCUT2D eigenvalue weighted by atomic mass is 16.5. The van der Waals surface area contributed by atoms with Crippen molar-refractivity contribution in [1.82, 2.24) is 10.2 Å². The van der Waals surface area contributed by atoms with Crippen LogP contribution in [0.5, 0.6) is 0 Å². The number of nitrogens with one attached hydrogen (secondary N) is 1. The van der Waals surface area contributed by atoms with Crippen LogP contribution in [0.3, 0.4) is 0 Å². The van der Waals surface area contributed by atoms with Crippen molar-refractivity contribution in [3.8, 4) is 0 Å². The van der Waals surface area contributed by atoms with Crippen molar-refractivity contribution in [1.29, 1.82) is 0 Å². The van der Waals surface area contributed by atoms with E-state index in [1.165, 1.54) is 12.2 Å². The molecule has 0 aromatic carbocycles. The molecule has 1 aliphatic rings. The van der Waals surface area contributed by atoms with Crippen molar-refractivity contribution in [2.24, 2.45) is 23.2 Å². The average Bonchev–Trinajstić information content (AvgIpc) is 3.06. The molecule has 0 aromatic heterocycles. The Labute approximate surface area is 202 Å². The van der Waals surface area contributed by atoms with Gasteiger partial charge in [0.15, 0.2) is 0 Å². The molecule has 2 atom stereocenters. The van der Waals surface area contributed by atoms with E-state index in [9.17, 15) is 24.0 Å². The van der Waals surface area contributed by atoms with E-state index < -0.39 is 17.3 Å². The topological polar surface area (TPSA) is 119 Å². The van der Waals surface area contributed by atoms with E-state index in [1.807, 2.05) is 34.6 Å². The molecule has 1 N–H and O–H groups in total. The van der Waals surface area contributed by atoms with Gasteiger partial charge in [0.05, 0.1) is 33.0 Å². The molecular formula is C25H40N2O7. The lowest BCUT2D eigenvalue weighted by molar-refractivity contribution is -0.137. The third-order valence-electron chi connectivity index (χ3n) is 5.72. The Morgan fingerprint density at radius 3 is 2.00 bits per heavy atom. The maximum absolute atomic E-state index is 12.6. The number of imide groups is 1. The van der Waals surface area contributed by atoms with Crippen LogP contribution in [0.2, 0.25) is 0 Å². The van der Waals surface area contributed by atoms with Gasteiger partial charge in [-0.1, -0.05) is 41.5 Å². The Hall–Kier alpha value is -2.39. The molecule has 3 amide bonds. The number of ether oxygens (including phenoxy) is 2. The van der Waals surface area contributed by atoms with Gasteiger partial charge in [-0.25, -0.2) is 0 Å². The van der Waals surface area contributed by atoms with Crippen LogP contribution >= 0.6 is 0 Å². The van der Waals surface area contributed by atoms with Gasteiger partial charge in [0.2, 0.25) is 5.91 Å². The quantitative estimate of drug-likeness (QED) is 0.265. The zero-order valence-corrected chi connectivity index (χ0v) is 21.3. The van der Waals surface area contributed by atoms with Crippen LogP contribution in [-0.4, -0.2) is 73.7 Å². The minimum Gasteiger partial charge on any atom is -0.377 e. The van der Waals surface area contributed by atoms with Crippen molar-refractivity contribution in [3.63, 3.8) is 0 Å². The highest BCUT2D eigenvalue weighted by molar-refractivity contribution is 6.12. The summed E-state index contributed by atoms with van der Waals surface area (Å²) in [5.41, 5.74) is -0.488. The Morgan fingerprint density at radius 2 is 1.47 bits per heavy atom. The van der Waals surface area contributed by atoms with Crippen molar-refractivity contribution < 1.29 is 33.4 Å². The monoisotopic (exact) mass is 480 g/mol. The van der Waals surface area contributed by atoms with Gasteiger partial charge in [-0.2, -0.15) is 0 Å². The first-order chi connectivity index (χ1) is 15.8. The van der Waals surface area contributed by atoms with E-state index in [0.717, 1.165) is 4.90 Å². The number of rotatable bonds is 16. The molecule has 0 saturated carbocycles. The molecule has 1 aliphatic heterocycles. The van der Waals surface area contributed by atoms with Gasteiger partial charge >= 0.3 is 0 Å². The molecule has 192 valence electrons. The summed E-state index contributed by atoms with van der Waals surface area (Å²) in [5.74, 6) is -1.82. The van der Waals surface area contributed by atoms with Crippen LogP contribution in [0.25, 0.3) is 0 Å². The SMILES string of the molecule is CC(C)[C@@H](CC(=O)[C@@H](C)CC(=O)C(C)(C)C)C(=O)NCCOCCOCCN1C(=O)C=CC1=O. The second kappa shape index (κ2) is 14.1. The molecule has 0 radical (unpaired) electrons. The second-order valence-electron chi connectivity index (χ2n) is 9.98. The van der Waals surface area contributed by atoms with Gasteiger partial charge in [-0.05, 0) is 5.92 Å². The molecule has 34 heavy (non-hydrogen) atoms. The first kappa shape index (κ1) is 29.6. The summed E-state index contributed by atoms with van der Waals surface area (Å²) in [6.45, 7) is 12.7. The van der Waals surface area contributed by atoms with Gasteiger partial charge in [0.25, 0.3) is 11.8 Å². The van der Waals surface area contributed by atoms with Crippen LogP contribution in [0.1, 0.15) is 54.4 Å². The fourth-order valence-corrected chi connectivity index (χ4v) is 3.25. The zero-order chi connectivity index (χ0) is 25.9. The van der Waals surface area contributed by atoms with E-state index in [0.29, 0.717) is 19.8 Å². The molecule has 1 rings (SSSR count). The predicted octanol–water partition coefficient (Wildman–Crippen LogP) is 1.93. The maximum Gasteiger partial charge on any atom is 0.253 e. The Morgan fingerprint density at radius 1 is 0.912 bits per heavy atom. The summed E-state index contributed by atoms with van der Waals surface area (Å²) in [7, 11) is 0. The number of amides is 3. The van der Waals surface area contributed by atoms with E-state index >= 15 is 0 Å². The summed E-state index contributed by atoms with van der Waals surface area (Å²) in [5, 5.41) is 2.81. The van der Waals surface area contributed by atoms with Gasteiger partial charge in [0.1, 0.15) is 11.6 Å². The number of Topliss-reactive ketones (excluding diaryl/α,β-unsaturated/α-hetero) is 2. The number of hydrogen-bond acceptors (Lipinski definition) is 7. The third-order valence-corrected chi connectivity index (χ3v) is 5.72. The fourth-order valence-electron chi connectivity index (χ4n) is 3.25. The van der Waals surface area contributed by atoms with Crippen molar-refractivity contribution >= 4 is 29.3 Å². The first-order valence-electron chi connectivity index (χ1n) is 11.9. The Bertz CT molecular complexity index is 750. The second-order valence-corrected chi connectivity index (χ2v) is 9.98. The maximum atomic E-state index is 12.6. The molecule has 0 spiro atoms. The lowest BCUT2D eigenvalue weighted by atomic mass is 9.81. The van der Waals surface area contributed by atoms with Gasteiger partial charge in [-0.15, -0.1) is 0 Å². The fraction of sp³-hybridized carbons (Fsp3) is 0.720. The first-order valence-corrected chi connectivity index (χ1v) is 11.9. The molecule has 0 fully saturated rings. The standard InChI is InChI=1S/C25H40N2O7/c1-17(2)19(16-20(28)18(3)15-21(29)25(4,5)6)24(32)26-9-11-33-13-14-34-12-10-27-22(30)7-8-23(27)31/h7-8,17-19H,9-16H2,1-6H3,(H,26,32)/t18-,19+/m0/s1. The van der Waals surface area contributed by atoms with Crippen molar-refractivity contribution in [2.75, 3.05) is 39.5 Å². The highest BCUT2D eigenvalue weighted by Gasteiger charge is 2.30. The molecule has 0 aromatic rings. The van der Waals surface area contributed by atoms with Gasteiger partial charge in [0, 0.05) is 48.8 Å². The van der Waals surface area contributed by atoms with Crippen LogP contribution in [-0.2, 0) is 33.4 Å². The van der Waals surface area contributed by atoms with E-state index in [1.54, 1.807) is 6.92 Å². The lowest BCUT2D eigenvalue weighted by Gasteiger charge is -2.23. The summed E-state index contributed by atoms with van der Waals surface area (Å²) in [6.07, 6.45) is 2.75. The molecule has 9 heteroatoms. The molecule has 0 saturated heterocycles. The molecule has 0 bridgehead atoms. The smallest absolute Gasteiger partial charge is 0.253 e. The molecule has 0 aliphatic carbocycles. The Kier molecular flexibility index (Phi) is 12.3.